The van der Waals surface area contributed by atoms with E-state index in [-0.39, 0.29) is 52.1 Å². The van der Waals surface area contributed by atoms with Crippen molar-refractivity contribution < 1.29 is 78.5 Å². The van der Waals surface area contributed by atoms with Crippen LogP contribution in [0.3, 0.4) is 0 Å². The molecule has 2 spiro atoms. The van der Waals surface area contributed by atoms with Gasteiger partial charge >= 0.3 is 11.9 Å². The van der Waals surface area contributed by atoms with Gasteiger partial charge in [0, 0.05) is 19.8 Å². The van der Waals surface area contributed by atoms with Gasteiger partial charge in [-0.1, -0.05) is 13.8 Å². The fraction of sp³-hybridized carbons (Fsp3) is 0.953. The Kier molecular flexibility index (Phi) is 11.2. The average Bonchev–Trinajstić information content (AvgIpc) is 3.52. The zero-order valence-electron chi connectivity index (χ0n) is 35.5. The van der Waals surface area contributed by atoms with Crippen molar-refractivity contribution in [1.29, 1.82) is 0 Å². The van der Waals surface area contributed by atoms with Crippen LogP contribution in [-0.2, 0) is 42.7 Å². The van der Waals surface area contributed by atoms with E-state index in [0.29, 0.717) is 32.1 Å². The highest BCUT2D eigenvalue weighted by atomic mass is 16.7. The molecule has 7 N–H and O–H groups in total. The Bertz CT molecular complexity index is 1600. The van der Waals surface area contributed by atoms with E-state index in [1.807, 2.05) is 0 Å². The second-order valence-electron chi connectivity index (χ2n) is 20.9. The SMILES string of the molecule is CC(=O)O[C@@H]1[C@@H](OC(C)=O)[C@H](O[C@H]2CC[C@]34C[C@@]35CC[C@]3(C)[C@@H]([C@@]6(C)CC[C@@H](C(C)(C)O)O6)[C@@H](O)C[C@@]3(C)[C@@H]5C[C@H](O[C@@H]3O[C@H](CO)[C@@H](O)[C@H](O)[C@H]3O)[C@@H]4C2)OC[C@H]1O. The van der Waals surface area contributed by atoms with Gasteiger partial charge in [0.1, 0.15) is 30.5 Å². The monoisotopic (exact) mass is 840 g/mol. The lowest BCUT2D eigenvalue weighted by molar-refractivity contribution is -0.328. The number of rotatable bonds is 9. The summed E-state index contributed by atoms with van der Waals surface area (Å²) in [5.41, 5.74) is -2.61. The van der Waals surface area contributed by atoms with Crippen LogP contribution in [0.15, 0.2) is 0 Å². The van der Waals surface area contributed by atoms with Crippen molar-refractivity contribution in [2.75, 3.05) is 13.2 Å². The molecule has 0 aromatic rings. The van der Waals surface area contributed by atoms with Crippen LogP contribution in [0.25, 0.3) is 0 Å². The zero-order valence-corrected chi connectivity index (χ0v) is 35.5. The van der Waals surface area contributed by atoms with Crippen molar-refractivity contribution in [1.82, 2.24) is 0 Å². The lowest BCUT2D eigenvalue weighted by atomic mass is 9.42. The molecule has 8 rings (SSSR count). The number of carbonyl (C=O) groups is 2. The van der Waals surface area contributed by atoms with E-state index in [9.17, 15) is 45.3 Å². The van der Waals surface area contributed by atoms with Crippen molar-refractivity contribution in [3.05, 3.63) is 0 Å². The van der Waals surface area contributed by atoms with Crippen molar-refractivity contribution in [3.63, 3.8) is 0 Å². The Hall–Kier alpha value is -1.54. The molecule has 8 aliphatic rings. The Morgan fingerprint density at radius 1 is 0.780 bits per heavy atom. The van der Waals surface area contributed by atoms with Crippen LogP contribution >= 0.6 is 0 Å². The number of aliphatic hydroxyl groups is 7. The second kappa shape index (κ2) is 15.0. The quantitative estimate of drug-likeness (QED) is 0.128. The summed E-state index contributed by atoms with van der Waals surface area (Å²) in [6.07, 6.45) is -6.80. The van der Waals surface area contributed by atoms with Gasteiger partial charge < -0.3 is 68.9 Å². The number of hydrogen-bond acceptors (Lipinski definition) is 16. The third-order valence-electron chi connectivity index (χ3n) is 17.3. The molecule has 3 aliphatic heterocycles. The predicted molar refractivity (Wildman–Crippen MR) is 204 cm³/mol. The highest BCUT2D eigenvalue weighted by Crippen LogP contribution is 2.88. The summed E-state index contributed by atoms with van der Waals surface area (Å²) in [5, 5.41) is 76.5. The molecule has 3 saturated heterocycles. The molecule has 336 valence electrons. The smallest absolute Gasteiger partial charge is 0.303 e. The fourth-order valence-electron chi connectivity index (χ4n) is 14.6. The van der Waals surface area contributed by atoms with Gasteiger partial charge in [-0.15, -0.1) is 0 Å². The Morgan fingerprint density at radius 3 is 2.12 bits per heavy atom. The lowest BCUT2D eigenvalue weighted by Gasteiger charge is -2.63. The third kappa shape index (κ3) is 6.84. The van der Waals surface area contributed by atoms with Crippen LogP contribution < -0.4 is 0 Å². The minimum Gasteiger partial charge on any atom is -0.455 e. The van der Waals surface area contributed by atoms with Crippen LogP contribution in [0.2, 0.25) is 0 Å². The first-order chi connectivity index (χ1) is 27.5. The number of carbonyl (C=O) groups excluding carboxylic acids is 2. The molecule has 3 heterocycles. The van der Waals surface area contributed by atoms with Gasteiger partial charge in [-0.2, -0.15) is 0 Å². The number of hydrogen-bond donors (Lipinski definition) is 7. The van der Waals surface area contributed by atoms with Gasteiger partial charge in [0.2, 0.25) is 0 Å². The average molecular weight is 841 g/mol. The molecular weight excluding hydrogens is 772 g/mol. The number of fused-ring (bicyclic) bond motifs is 2. The first-order valence-corrected chi connectivity index (χ1v) is 21.9. The number of esters is 2. The molecule has 21 atom stereocenters. The first kappa shape index (κ1) is 44.1. The van der Waals surface area contributed by atoms with E-state index in [1.165, 1.54) is 13.8 Å². The minimum atomic E-state index is -1.62. The molecule has 8 fully saturated rings. The normalized spacial score (nSPS) is 54.3. The maximum absolute atomic E-state index is 12.2. The van der Waals surface area contributed by atoms with Crippen LogP contribution in [-0.4, -0.2) is 152 Å². The van der Waals surface area contributed by atoms with Crippen LogP contribution in [0.5, 0.6) is 0 Å². The number of aliphatic hydroxyl groups excluding tert-OH is 6. The molecule has 0 radical (unpaired) electrons. The summed E-state index contributed by atoms with van der Waals surface area (Å²) in [6.45, 7) is 11.9. The third-order valence-corrected chi connectivity index (χ3v) is 17.3. The molecule has 59 heavy (non-hydrogen) atoms. The molecule has 0 aromatic heterocycles. The van der Waals surface area contributed by atoms with Gasteiger partial charge in [0.25, 0.3) is 0 Å². The van der Waals surface area contributed by atoms with E-state index in [1.54, 1.807) is 13.8 Å². The fourth-order valence-corrected chi connectivity index (χ4v) is 14.6. The summed E-state index contributed by atoms with van der Waals surface area (Å²) in [6, 6.07) is 0. The van der Waals surface area contributed by atoms with Crippen molar-refractivity contribution in [2.24, 2.45) is 39.4 Å². The van der Waals surface area contributed by atoms with E-state index in [2.05, 4.69) is 20.8 Å². The molecule has 0 aromatic carbocycles. The van der Waals surface area contributed by atoms with E-state index in [0.717, 1.165) is 32.1 Å². The molecular formula is C43H68O16. The molecule has 0 bridgehead atoms. The molecule has 0 unspecified atom stereocenters. The van der Waals surface area contributed by atoms with Crippen LogP contribution in [0.1, 0.15) is 113 Å². The maximum atomic E-state index is 12.2. The molecule has 16 nitrogen and oxygen atoms in total. The molecule has 16 heteroatoms. The van der Waals surface area contributed by atoms with Gasteiger partial charge in [-0.3, -0.25) is 9.59 Å². The van der Waals surface area contributed by atoms with Gasteiger partial charge in [-0.25, -0.2) is 0 Å². The minimum absolute atomic E-state index is 0.0695. The van der Waals surface area contributed by atoms with Crippen LogP contribution in [0.4, 0.5) is 0 Å². The topological polar surface area (TPSA) is 240 Å². The molecule has 5 aliphatic carbocycles. The second-order valence-corrected chi connectivity index (χ2v) is 20.9. The van der Waals surface area contributed by atoms with E-state index < -0.39 is 103 Å². The maximum Gasteiger partial charge on any atom is 0.303 e. The molecule has 5 saturated carbocycles. The van der Waals surface area contributed by atoms with E-state index in [4.69, 9.17) is 33.2 Å². The summed E-state index contributed by atoms with van der Waals surface area (Å²) in [4.78, 5) is 24.2. The van der Waals surface area contributed by atoms with Gasteiger partial charge in [0.15, 0.2) is 24.8 Å². The lowest BCUT2D eigenvalue weighted by Crippen LogP contribution is -2.63. The summed E-state index contributed by atoms with van der Waals surface area (Å²) < 4.78 is 43.0. The summed E-state index contributed by atoms with van der Waals surface area (Å²) in [7, 11) is 0. The number of ether oxygens (including phenoxy) is 7. The van der Waals surface area contributed by atoms with Crippen molar-refractivity contribution in [2.45, 2.75) is 204 Å². The van der Waals surface area contributed by atoms with Crippen molar-refractivity contribution in [3.8, 4) is 0 Å². The highest BCUT2D eigenvalue weighted by molar-refractivity contribution is 5.67. The summed E-state index contributed by atoms with van der Waals surface area (Å²) >= 11 is 0. The Morgan fingerprint density at radius 2 is 1.47 bits per heavy atom. The molecule has 0 amide bonds. The Balaban J connectivity index is 1.10. The van der Waals surface area contributed by atoms with Crippen LogP contribution in [0, 0.1) is 39.4 Å². The van der Waals surface area contributed by atoms with E-state index >= 15 is 0 Å². The van der Waals surface area contributed by atoms with Gasteiger partial charge in [-0.05, 0) is 118 Å². The zero-order chi connectivity index (χ0) is 42.8. The first-order valence-electron chi connectivity index (χ1n) is 21.9. The standard InChI is InChI=1S/C43H68O16/c1-20(45)54-33-25(48)18-53-37(34(33)55-21(2)46)56-22-8-11-42-19-43(42)13-12-39(5)35(41(7)10-9-29(59-41)38(3,4)52)24(47)16-40(39,6)28(43)15-26(23(42)14-22)57-36-32(51)31(50)30(49)27(17-44)58-36/h22-37,44,47-52H,8-19H2,1-7H3/t22-,23-,24-,25+,26-,27+,28-,29-,30+,31-,32+,33-,34+,35-,36+,37-,39+,40-,41+,42+,43+/m0/s1. The van der Waals surface area contributed by atoms with Crippen molar-refractivity contribution >= 4 is 11.9 Å². The summed E-state index contributed by atoms with van der Waals surface area (Å²) in [5.74, 6) is -1.53. The highest BCUT2D eigenvalue weighted by Gasteiger charge is 2.83. The van der Waals surface area contributed by atoms with Gasteiger partial charge in [0.05, 0.1) is 48.8 Å². The predicted octanol–water partition coefficient (Wildman–Crippen LogP) is 1.23. The largest absolute Gasteiger partial charge is 0.455 e. The Labute approximate surface area is 346 Å².